The summed E-state index contributed by atoms with van der Waals surface area (Å²) in [6.07, 6.45) is -2.30. The summed E-state index contributed by atoms with van der Waals surface area (Å²) in [6, 6.07) is 9.58. The fraction of sp³-hybridized carbons (Fsp3) is 0.429. The number of likely N-dealkylation sites (tertiary alicyclic amines) is 1. The molecule has 0 atom stereocenters. The first kappa shape index (κ1) is 18.9. The van der Waals surface area contributed by atoms with Crippen LogP contribution in [0.5, 0.6) is 0 Å². The van der Waals surface area contributed by atoms with Gasteiger partial charge in [0.1, 0.15) is 0 Å². The maximum Gasteiger partial charge on any atom is 0.416 e. The van der Waals surface area contributed by atoms with Crippen LogP contribution in [0.1, 0.15) is 47.0 Å². The molecule has 0 aliphatic carbocycles. The number of benzene rings is 1. The van der Waals surface area contributed by atoms with E-state index < -0.39 is 11.7 Å². The number of rotatable bonds is 3. The Bertz CT molecular complexity index is 968. The van der Waals surface area contributed by atoms with E-state index in [9.17, 15) is 13.2 Å². The van der Waals surface area contributed by atoms with E-state index in [0.29, 0.717) is 12.5 Å². The van der Waals surface area contributed by atoms with Gasteiger partial charge in [0, 0.05) is 29.9 Å². The van der Waals surface area contributed by atoms with E-state index in [0.717, 1.165) is 66.4 Å². The van der Waals surface area contributed by atoms with E-state index in [2.05, 4.69) is 16.0 Å². The molecular formula is C21H23F3N4. The molecule has 0 N–H and O–H groups in total. The van der Waals surface area contributed by atoms with Gasteiger partial charge in [-0.05, 0) is 63.5 Å². The van der Waals surface area contributed by atoms with Crippen molar-refractivity contribution < 1.29 is 13.2 Å². The molecule has 1 aromatic carbocycles. The van der Waals surface area contributed by atoms with E-state index in [1.807, 2.05) is 24.4 Å². The number of hydrogen-bond donors (Lipinski definition) is 0. The Kier molecular flexibility index (Phi) is 4.87. The second-order valence-electron chi connectivity index (χ2n) is 7.62. The second kappa shape index (κ2) is 7.20. The number of halogens is 3. The van der Waals surface area contributed by atoms with Crippen LogP contribution < -0.4 is 0 Å². The summed E-state index contributed by atoms with van der Waals surface area (Å²) < 4.78 is 40.0. The lowest BCUT2D eigenvalue weighted by atomic mass is 9.93. The third kappa shape index (κ3) is 3.90. The van der Waals surface area contributed by atoms with Crippen LogP contribution in [0.3, 0.4) is 0 Å². The lowest BCUT2D eigenvalue weighted by Gasteiger charge is -2.31. The molecule has 0 saturated carbocycles. The van der Waals surface area contributed by atoms with Gasteiger partial charge < -0.3 is 0 Å². The van der Waals surface area contributed by atoms with Crippen molar-refractivity contribution >= 4 is 5.65 Å². The Morgan fingerprint density at radius 3 is 2.36 bits per heavy atom. The van der Waals surface area contributed by atoms with Gasteiger partial charge in [-0.15, -0.1) is 0 Å². The Labute approximate surface area is 162 Å². The minimum absolute atomic E-state index is 0.394. The van der Waals surface area contributed by atoms with Crippen LogP contribution in [-0.4, -0.2) is 32.6 Å². The lowest BCUT2D eigenvalue weighted by Crippen LogP contribution is -2.32. The average molecular weight is 388 g/mol. The molecule has 0 radical (unpaired) electrons. The minimum Gasteiger partial charge on any atom is -0.299 e. The molecule has 3 aromatic rings. The van der Waals surface area contributed by atoms with E-state index in [1.54, 1.807) is 12.1 Å². The quantitative estimate of drug-likeness (QED) is 0.650. The molecular weight excluding hydrogens is 365 g/mol. The number of aromatic nitrogens is 3. The highest BCUT2D eigenvalue weighted by Crippen LogP contribution is 2.31. The fourth-order valence-corrected chi connectivity index (χ4v) is 3.95. The normalized spacial score (nSPS) is 16.8. The van der Waals surface area contributed by atoms with Gasteiger partial charge in [0.15, 0.2) is 5.65 Å². The maximum atomic E-state index is 12.7. The summed E-state index contributed by atoms with van der Waals surface area (Å²) in [7, 11) is 0. The minimum atomic E-state index is -4.28. The molecule has 1 fully saturated rings. The number of hydrogen-bond acceptors (Lipinski definition) is 3. The molecule has 2 aromatic heterocycles. The van der Waals surface area contributed by atoms with Gasteiger partial charge in [-0.1, -0.05) is 12.1 Å². The number of nitrogens with zero attached hydrogens (tertiary/aromatic N) is 4. The predicted octanol–water partition coefficient (Wildman–Crippen LogP) is 4.74. The van der Waals surface area contributed by atoms with Crippen molar-refractivity contribution in [1.29, 1.82) is 0 Å². The van der Waals surface area contributed by atoms with Crippen molar-refractivity contribution in [2.75, 3.05) is 13.1 Å². The third-order valence-electron chi connectivity index (χ3n) is 5.45. The zero-order chi connectivity index (χ0) is 19.9. The Morgan fingerprint density at radius 2 is 1.71 bits per heavy atom. The molecule has 4 rings (SSSR count). The zero-order valence-electron chi connectivity index (χ0n) is 16.0. The first-order chi connectivity index (χ1) is 13.3. The molecule has 1 aliphatic rings. The van der Waals surface area contributed by atoms with Gasteiger partial charge in [-0.2, -0.15) is 18.3 Å². The van der Waals surface area contributed by atoms with Gasteiger partial charge >= 0.3 is 6.18 Å². The van der Waals surface area contributed by atoms with Crippen LogP contribution in [0.25, 0.3) is 5.65 Å². The topological polar surface area (TPSA) is 33.4 Å². The smallest absolute Gasteiger partial charge is 0.299 e. The molecule has 0 amide bonds. The van der Waals surface area contributed by atoms with E-state index in [1.165, 1.54) is 0 Å². The first-order valence-electron chi connectivity index (χ1n) is 9.52. The number of alkyl halides is 3. The van der Waals surface area contributed by atoms with Crippen molar-refractivity contribution in [2.24, 2.45) is 0 Å². The zero-order valence-corrected chi connectivity index (χ0v) is 16.0. The van der Waals surface area contributed by atoms with Crippen molar-refractivity contribution in [3.05, 3.63) is 64.6 Å². The summed E-state index contributed by atoms with van der Waals surface area (Å²) in [4.78, 5) is 6.85. The Morgan fingerprint density at radius 1 is 1.04 bits per heavy atom. The van der Waals surface area contributed by atoms with Gasteiger partial charge in [0.2, 0.25) is 0 Å². The third-order valence-corrected chi connectivity index (χ3v) is 5.45. The number of aryl methyl sites for hydroxylation is 2. The van der Waals surface area contributed by atoms with Gasteiger partial charge in [0.25, 0.3) is 0 Å². The fourth-order valence-electron chi connectivity index (χ4n) is 3.95. The van der Waals surface area contributed by atoms with Crippen molar-refractivity contribution in [3.8, 4) is 0 Å². The summed E-state index contributed by atoms with van der Waals surface area (Å²) >= 11 is 0. The molecule has 0 unspecified atom stereocenters. The summed E-state index contributed by atoms with van der Waals surface area (Å²) in [6.45, 7) is 6.51. The van der Waals surface area contributed by atoms with Gasteiger partial charge in [-0.3, -0.25) is 4.90 Å². The maximum absolute atomic E-state index is 12.7. The highest BCUT2D eigenvalue weighted by atomic mass is 19.4. The summed E-state index contributed by atoms with van der Waals surface area (Å²) in [5.74, 6) is 0.394. The molecule has 148 valence electrons. The molecule has 1 aliphatic heterocycles. The SMILES string of the molecule is Cc1cc(C)n2nc(C3CCN(Cc4ccc(C(F)(F)F)cc4)CC3)cc2n1. The largest absolute Gasteiger partial charge is 0.416 e. The Hall–Kier alpha value is -2.41. The summed E-state index contributed by atoms with van der Waals surface area (Å²) in [5, 5.41) is 4.75. The molecule has 4 nitrogen and oxygen atoms in total. The molecule has 0 spiro atoms. The van der Waals surface area contributed by atoms with Crippen LogP contribution in [-0.2, 0) is 12.7 Å². The van der Waals surface area contributed by atoms with E-state index in [4.69, 9.17) is 5.10 Å². The highest BCUT2D eigenvalue weighted by Gasteiger charge is 2.30. The number of fused-ring (bicyclic) bond motifs is 1. The van der Waals surface area contributed by atoms with Gasteiger partial charge in [0.05, 0.1) is 11.3 Å². The predicted molar refractivity (Wildman–Crippen MR) is 101 cm³/mol. The Balaban J connectivity index is 1.39. The molecule has 28 heavy (non-hydrogen) atoms. The average Bonchev–Trinajstić information content (AvgIpc) is 3.06. The molecule has 1 saturated heterocycles. The van der Waals surface area contributed by atoms with Crippen LogP contribution in [0.15, 0.2) is 36.4 Å². The molecule has 3 heterocycles. The summed E-state index contributed by atoms with van der Waals surface area (Å²) in [5.41, 5.74) is 4.35. The van der Waals surface area contributed by atoms with Crippen LogP contribution >= 0.6 is 0 Å². The first-order valence-corrected chi connectivity index (χ1v) is 9.52. The molecule has 0 bridgehead atoms. The van der Waals surface area contributed by atoms with Gasteiger partial charge in [-0.25, -0.2) is 9.50 Å². The standard InChI is InChI=1S/C21H23F3N4/c1-14-11-15(2)28-20(25-14)12-19(26-28)17-7-9-27(10-8-17)13-16-3-5-18(6-4-16)21(22,23)24/h3-6,11-12,17H,7-10,13H2,1-2H3. The highest BCUT2D eigenvalue weighted by molar-refractivity contribution is 5.42. The van der Waals surface area contributed by atoms with Crippen LogP contribution in [0, 0.1) is 13.8 Å². The van der Waals surface area contributed by atoms with Crippen LogP contribution in [0.2, 0.25) is 0 Å². The van der Waals surface area contributed by atoms with E-state index >= 15 is 0 Å². The van der Waals surface area contributed by atoms with Crippen molar-refractivity contribution in [1.82, 2.24) is 19.5 Å². The second-order valence-corrected chi connectivity index (χ2v) is 7.62. The lowest BCUT2D eigenvalue weighted by molar-refractivity contribution is -0.137. The van der Waals surface area contributed by atoms with Crippen molar-refractivity contribution in [3.63, 3.8) is 0 Å². The monoisotopic (exact) mass is 388 g/mol. The number of piperidine rings is 1. The molecule has 7 heteroatoms. The van der Waals surface area contributed by atoms with E-state index in [-0.39, 0.29) is 0 Å². The van der Waals surface area contributed by atoms with Crippen molar-refractivity contribution in [2.45, 2.75) is 45.3 Å². The van der Waals surface area contributed by atoms with Crippen LogP contribution in [0.4, 0.5) is 13.2 Å².